The molecule has 2 rings (SSSR count). The minimum Gasteiger partial charge on any atom is -0.463 e. The van der Waals surface area contributed by atoms with Gasteiger partial charge in [0.05, 0.1) is 5.56 Å². The van der Waals surface area contributed by atoms with Crippen molar-refractivity contribution in [2.24, 2.45) is 5.73 Å². The monoisotopic (exact) mass is 246 g/mol. The number of benzene rings is 1. The quantitative estimate of drug-likeness (QED) is 0.869. The predicted molar refractivity (Wildman–Crippen MR) is 71.4 cm³/mol. The summed E-state index contributed by atoms with van der Waals surface area (Å²) in [5.74, 6) is -0.117. The maximum Gasteiger partial charge on any atom is 0.255 e. The molecule has 96 valence electrons. The lowest BCUT2D eigenvalue weighted by Crippen LogP contribution is -2.36. The van der Waals surface area contributed by atoms with Gasteiger partial charge in [-0.1, -0.05) is 18.2 Å². The van der Waals surface area contributed by atoms with E-state index in [0.717, 1.165) is 17.4 Å². The molecule has 0 saturated carbocycles. The highest BCUT2D eigenvalue weighted by Crippen LogP contribution is 2.20. The van der Waals surface area contributed by atoms with Crippen molar-refractivity contribution in [1.29, 1.82) is 0 Å². The van der Waals surface area contributed by atoms with E-state index < -0.39 is 0 Å². The molecule has 2 unspecified atom stereocenters. The highest BCUT2D eigenvalue weighted by Gasteiger charge is 2.15. The molecule has 4 heteroatoms. The van der Waals surface area contributed by atoms with Crippen LogP contribution >= 0.6 is 0 Å². The predicted octanol–water partition coefficient (Wildman–Crippen LogP) is 2.29. The molecular weight excluding hydrogens is 228 g/mol. The number of furan rings is 1. The van der Waals surface area contributed by atoms with Crippen molar-refractivity contribution in [2.45, 2.75) is 32.4 Å². The molecule has 0 aliphatic heterocycles. The van der Waals surface area contributed by atoms with E-state index in [9.17, 15) is 4.79 Å². The van der Waals surface area contributed by atoms with Crippen molar-refractivity contribution in [3.8, 4) is 0 Å². The van der Waals surface area contributed by atoms with Crippen molar-refractivity contribution < 1.29 is 9.21 Å². The molecule has 4 nitrogen and oxygen atoms in total. The molecule has 2 aromatic rings. The van der Waals surface area contributed by atoms with Crippen LogP contribution in [-0.4, -0.2) is 18.0 Å². The molecule has 0 aliphatic carbocycles. The Hall–Kier alpha value is -1.81. The Morgan fingerprint density at radius 3 is 2.83 bits per heavy atom. The zero-order chi connectivity index (χ0) is 13.1. The van der Waals surface area contributed by atoms with Gasteiger partial charge in [-0.15, -0.1) is 0 Å². The number of hydrogen-bond donors (Lipinski definition) is 2. The Bertz CT molecular complexity index is 545. The van der Waals surface area contributed by atoms with Gasteiger partial charge in [0.15, 0.2) is 0 Å². The number of nitrogens with one attached hydrogen (secondary N) is 1. The number of carbonyl (C=O) groups excluding carboxylic acids is 1. The molecule has 0 radical (unpaired) electrons. The SMILES string of the molecule is CC(N)CC(C)NC(=O)c1coc2ccccc12. The molecule has 1 aromatic carbocycles. The van der Waals surface area contributed by atoms with Gasteiger partial charge in [0.1, 0.15) is 11.8 Å². The molecular formula is C14H18N2O2. The summed E-state index contributed by atoms with van der Waals surface area (Å²) in [6.07, 6.45) is 2.25. The normalized spacial score (nSPS) is 14.4. The fourth-order valence-electron chi connectivity index (χ4n) is 2.07. The summed E-state index contributed by atoms with van der Waals surface area (Å²) in [5.41, 5.74) is 7.00. The summed E-state index contributed by atoms with van der Waals surface area (Å²) < 4.78 is 5.35. The Balaban J connectivity index is 2.14. The number of hydrogen-bond acceptors (Lipinski definition) is 3. The number of fused-ring (bicyclic) bond motifs is 1. The third kappa shape index (κ3) is 2.71. The molecule has 0 fully saturated rings. The second kappa shape index (κ2) is 5.23. The van der Waals surface area contributed by atoms with Gasteiger partial charge in [-0.3, -0.25) is 4.79 Å². The van der Waals surface area contributed by atoms with E-state index in [-0.39, 0.29) is 18.0 Å². The zero-order valence-corrected chi connectivity index (χ0v) is 10.6. The maximum atomic E-state index is 12.1. The number of para-hydroxylation sites is 1. The van der Waals surface area contributed by atoms with Gasteiger partial charge in [0, 0.05) is 17.5 Å². The van der Waals surface area contributed by atoms with E-state index >= 15 is 0 Å². The topological polar surface area (TPSA) is 68.3 Å². The smallest absolute Gasteiger partial charge is 0.255 e. The van der Waals surface area contributed by atoms with Crippen LogP contribution in [0.2, 0.25) is 0 Å². The molecule has 3 N–H and O–H groups in total. The van der Waals surface area contributed by atoms with Crippen LogP contribution in [0.3, 0.4) is 0 Å². The summed E-state index contributed by atoms with van der Waals surface area (Å²) in [4.78, 5) is 12.1. The van der Waals surface area contributed by atoms with Crippen LogP contribution in [0.4, 0.5) is 0 Å². The average molecular weight is 246 g/mol. The highest BCUT2D eigenvalue weighted by atomic mass is 16.3. The van der Waals surface area contributed by atoms with E-state index in [2.05, 4.69) is 5.32 Å². The molecule has 0 aliphatic rings. The molecule has 1 aromatic heterocycles. The largest absolute Gasteiger partial charge is 0.463 e. The number of nitrogens with two attached hydrogens (primary N) is 1. The van der Waals surface area contributed by atoms with Gasteiger partial charge >= 0.3 is 0 Å². The second-order valence-corrected chi connectivity index (χ2v) is 4.73. The third-order valence-electron chi connectivity index (χ3n) is 2.83. The maximum absolute atomic E-state index is 12.1. The van der Waals surface area contributed by atoms with Gasteiger partial charge in [-0.05, 0) is 26.3 Å². The van der Waals surface area contributed by atoms with Crippen LogP contribution < -0.4 is 11.1 Å². The van der Waals surface area contributed by atoms with Crippen molar-refractivity contribution in [1.82, 2.24) is 5.32 Å². The van der Waals surface area contributed by atoms with E-state index in [1.54, 1.807) is 0 Å². The summed E-state index contributed by atoms with van der Waals surface area (Å²) >= 11 is 0. The Morgan fingerprint density at radius 1 is 1.39 bits per heavy atom. The Kier molecular flexibility index (Phi) is 3.67. The van der Waals surface area contributed by atoms with E-state index in [1.165, 1.54) is 6.26 Å². The number of amides is 1. The van der Waals surface area contributed by atoms with Crippen molar-refractivity contribution in [3.63, 3.8) is 0 Å². The van der Waals surface area contributed by atoms with E-state index in [1.807, 2.05) is 38.1 Å². The first-order chi connectivity index (χ1) is 8.58. The summed E-state index contributed by atoms with van der Waals surface area (Å²) in [6, 6.07) is 7.61. The lowest BCUT2D eigenvalue weighted by Gasteiger charge is -2.15. The minimum atomic E-state index is -0.117. The molecule has 0 saturated heterocycles. The average Bonchev–Trinajstić information content (AvgIpc) is 2.71. The second-order valence-electron chi connectivity index (χ2n) is 4.73. The van der Waals surface area contributed by atoms with Crippen LogP contribution in [0.5, 0.6) is 0 Å². The van der Waals surface area contributed by atoms with Crippen molar-refractivity contribution in [3.05, 3.63) is 36.1 Å². The fraction of sp³-hybridized carbons (Fsp3) is 0.357. The summed E-state index contributed by atoms with van der Waals surface area (Å²) in [5, 5.41) is 3.76. The molecule has 2 atom stereocenters. The number of rotatable bonds is 4. The van der Waals surface area contributed by atoms with Crippen LogP contribution in [-0.2, 0) is 0 Å². The van der Waals surface area contributed by atoms with Crippen LogP contribution in [0, 0.1) is 0 Å². The van der Waals surface area contributed by atoms with Crippen molar-refractivity contribution >= 4 is 16.9 Å². The summed E-state index contributed by atoms with van der Waals surface area (Å²) in [7, 11) is 0. The third-order valence-corrected chi connectivity index (χ3v) is 2.83. The van der Waals surface area contributed by atoms with Gasteiger partial charge in [0.25, 0.3) is 5.91 Å². The molecule has 1 amide bonds. The molecule has 1 heterocycles. The highest BCUT2D eigenvalue weighted by molar-refractivity contribution is 6.05. The lowest BCUT2D eigenvalue weighted by molar-refractivity contribution is 0.0938. The summed E-state index contributed by atoms with van der Waals surface area (Å²) in [6.45, 7) is 3.87. The lowest BCUT2D eigenvalue weighted by atomic mass is 10.1. The zero-order valence-electron chi connectivity index (χ0n) is 10.6. The first kappa shape index (κ1) is 12.6. The Labute approximate surface area is 106 Å². The molecule has 0 bridgehead atoms. The standard InChI is InChI=1S/C14H18N2O2/c1-9(15)7-10(2)16-14(17)12-8-18-13-6-4-3-5-11(12)13/h3-6,8-10H,7,15H2,1-2H3,(H,16,17). The molecule has 0 spiro atoms. The molecule has 18 heavy (non-hydrogen) atoms. The van der Waals surface area contributed by atoms with Crippen LogP contribution in [0.1, 0.15) is 30.6 Å². The van der Waals surface area contributed by atoms with Crippen LogP contribution in [0.15, 0.2) is 34.9 Å². The van der Waals surface area contributed by atoms with Gasteiger partial charge in [-0.25, -0.2) is 0 Å². The van der Waals surface area contributed by atoms with Gasteiger partial charge < -0.3 is 15.5 Å². The fourth-order valence-corrected chi connectivity index (χ4v) is 2.07. The van der Waals surface area contributed by atoms with Gasteiger partial charge in [-0.2, -0.15) is 0 Å². The first-order valence-corrected chi connectivity index (χ1v) is 6.10. The van der Waals surface area contributed by atoms with Crippen molar-refractivity contribution in [2.75, 3.05) is 0 Å². The first-order valence-electron chi connectivity index (χ1n) is 6.10. The Morgan fingerprint density at radius 2 is 2.11 bits per heavy atom. The van der Waals surface area contributed by atoms with E-state index in [4.69, 9.17) is 10.2 Å². The van der Waals surface area contributed by atoms with E-state index in [0.29, 0.717) is 5.56 Å². The minimum absolute atomic E-state index is 0.0474. The number of carbonyl (C=O) groups is 1. The van der Waals surface area contributed by atoms with Gasteiger partial charge in [0.2, 0.25) is 0 Å². The van der Waals surface area contributed by atoms with Crippen LogP contribution in [0.25, 0.3) is 11.0 Å².